The van der Waals surface area contributed by atoms with Crippen LogP contribution < -0.4 is 10.1 Å². The molecule has 1 aromatic carbocycles. The van der Waals surface area contributed by atoms with Gasteiger partial charge in [-0.3, -0.25) is 0 Å². The maximum Gasteiger partial charge on any atom is 0.119 e. The Hall–Kier alpha value is -1.02. The highest BCUT2D eigenvalue weighted by atomic mass is 16.5. The summed E-state index contributed by atoms with van der Waals surface area (Å²) in [4.78, 5) is 0. The van der Waals surface area contributed by atoms with Crippen molar-refractivity contribution in [3.05, 3.63) is 29.3 Å². The predicted molar refractivity (Wildman–Crippen MR) is 69.7 cm³/mol. The number of methoxy groups -OCH3 is 1. The van der Waals surface area contributed by atoms with Gasteiger partial charge in [-0.1, -0.05) is 6.07 Å². The summed E-state index contributed by atoms with van der Waals surface area (Å²) in [6.45, 7) is 2.21. The van der Waals surface area contributed by atoms with Crippen LogP contribution in [0.4, 0.5) is 0 Å². The molecule has 92 valence electrons. The zero-order chi connectivity index (χ0) is 11.8. The summed E-state index contributed by atoms with van der Waals surface area (Å²) in [5.74, 6) is 1.72. The van der Waals surface area contributed by atoms with Crippen LogP contribution in [-0.2, 0) is 0 Å². The van der Waals surface area contributed by atoms with Crippen molar-refractivity contribution in [1.82, 2.24) is 5.32 Å². The van der Waals surface area contributed by atoms with Crippen LogP contribution in [0, 0.1) is 6.92 Å². The Bertz CT molecular complexity index is 403. The molecule has 0 radical (unpaired) electrons. The molecule has 2 heterocycles. The van der Waals surface area contributed by atoms with Gasteiger partial charge in [0.2, 0.25) is 0 Å². The Kier molecular flexibility index (Phi) is 2.83. The summed E-state index contributed by atoms with van der Waals surface area (Å²) >= 11 is 0. The highest BCUT2D eigenvalue weighted by Gasteiger charge is 2.34. The van der Waals surface area contributed by atoms with E-state index in [0.29, 0.717) is 0 Å². The average Bonchev–Trinajstić information content (AvgIpc) is 2.68. The minimum atomic E-state index is 0.750. The van der Waals surface area contributed by atoms with Gasteiger partial charge in [0.05, 0.1) is 7.11 Å². The SMILES string of the molecule is COc1ccc(C2C[C@H]3CC[C@@H](C2)N3)c(C)c1. The molecule has 0 spiro atoms. The first-order valence-electron chi connectivity index (χ1n) is 6.67. The lowest BCUT2D eigenvalue weighted by Crippen LogP contribution is -2.37. The van der Waals surface area contributed by atoms with Gasteiger partial charge >= 0.3 is 0 Å². The molecule has 3 rings (SSSR count). The molecule has 17 heavy (non-hydrogen) atoms. The number of piperidine rings is 1. The highest BCUT2D eigenvalue weighted by molar-refractivity contribution is 5.37. The Morgan fingerprint density at radius 2 is 1.88 bits per heavy atom. The lowest BCUT2D eigenvalue weighted by Gasteiger charge is -2.30. The topological polar surface area (TPSA) is 21.3 Å². The van der Waals surface area contributed by atoms with Crippen molar-refractivity contribution in [2.24, 2.45) is 0 Å². The number of nitrogens with one attached hydrogen (secondary N) is 1. The van der Waals surface area contributed by atoms with Crippen LogP contribution in [0.15, 0.2) is 18.2 Å². The Morgan fingerprint density at radius 3 is 2.47 bits per heavy atom. The number of benzene rings is 1. The minimum absolute atomic E-state index is 0.750. The Labute approximate surface area is 103 Å². The molecule has 0 aromatic heterocycles. The Balaban J connectivity index is 1.84. The van der Waals surface area contributed by atoms with E-state index >= 15 is 0 Å². The third-order valence-electron chi connectivity index (χ3n) is 4.39. The van der Waals surface area contributed by atoms with E-state index in [1.807, 2.05) is 0 Å². The molecule has 2 bridgehead atoms. The number of hydrogen-bond donors (Lipinski definition) is 1. The van der Waals surface area contributed by atoms with E-state index < -0.39 is 0 Å². The molecule has 1 N–H and O–H groups in total. The second kappa shape index (κ2) is 4.34. The van der Waals surface area contributed by atoms with Crippen molar-refractivity contribution < 1.29 is 4.74 Å². The molecule has 1 aromatic rings. The van der Waals surface area contributed by atoms with Gasteiger partial charge in [0.25, 0.3) is 0 Å². The van der Waals surface area contributed by atoms with Crippen molar-refractivity contribution in [2.75, 3.05) is 7.11 Å². The zero-order valence-corrected chi connectivity index (χ0v) is 10.7. The lowest BCUT2D eigenvalue weighted by molar-refractivity contribution is 0.362. The molecule has 0 saturated carbocycles. The van der Waals surface area contributed by atoms with Crippen LogP contribution in [0.25, 0.3) is 0 Å². The first-order chi connectivity index (χ1) is 8.26. The summed E-state index contributed by atoms with van der Waals surface area (Å²) in [6.07, 6.45) is 5.36. The number of fused-ring (bicyclic) bond motifs is 2. The average molecular weight is 231 g/mol. The lowest BCUT2D eigenvalue weighted by atomic mass is 9.84. The second-order valence-electron chi connectivity index (χ2n) is 5.53. The van der Waals surface area contributed by atoms with Crippen molar-refractivity contribution in [3.8, 4) is 5.75 Å². The highest BCUT2D eigenvalue weighted by Crippen LogP contribution is 2.38. The minimum Gasteiger partial charge on any atom is -0.497 e. The van der Waals surface area contributed by atoms with Crippen molar-refractivity contribution in [3.63, 3.8) is 0 Å². The number of rotatable bonds is 2. The van der Waals surface area contributed by atoms with E-state index in [-0.39, 0.29) is 0 Å². The summed E-state index contributed by atoms with van der Waals surface area (Å²) in [6, 6.07) is 8.07. The van der Waals surface area contributed by atoms with Gasteiger partial charge in [0.15, 0.2) is 0 Å². The molecule has 2 aliphatic rings. The van der Waals surface area contributed by atoms with Crippen LogP contribution >= 0.6 is 0 Å². The normalized spacial score (nSPS) is 31.5. The van der Waals surface area contributed by atoms with Gasteiger partial charge in [-0.25, -0.2) is 0 Å². The van der Waals surface area contributed by atoms with E-state index in [1.165, 1.54) is 36.8 Å². The van der Waals surface area contributed by atoms with E-state index in [4.69, 9.17) is 4.74 Å². The van der Waals surface area contributed by atoms with Gasteiger partial charge < -0.3 is 10.1 Å². The standard InChI is InChI=1S/C15H21NO/c1-10-7-14(17-2)5-6-15(10)11-8-12-3-4-13(9-11)16-12/h5-7,11-13,16H,3-4,8-9H2,1-2H3/t11?,12-,13+. The smallest absolute Gasteiger partial charge is 0.119 e. The number of hydrogen-bond acceptors (Lipinski definition) is 2. The monoisotopic (exact) mass is 231 g/mol. The maximum atomic E-state index is 5.28. The third-order valence-corrected chi connectivity index (χ3v) is 4.39. The zero-order valence-electron chi connectivity index (χ0n) is 10.7. The number of ether oxygens (including phenoxy) is 1. The summed E-state index contributed by atoms with van der Waals surface area (Å²) in [7, 11) is 1.74. The van der Waals surface area contributed by atoms with Gasteiger partial charge in [0.1, 0.15) is 5.75 Å². The largest absolute Gasteiger partial charge is 0.497 e. The maximum absolute atomic E-state index is 5.28. The van der Waals surface area contributed by atoms with Crippen LogP contribution in [0.3, 0.4) is 0 Å². The van der Waals surface area contributed by atoms with Crippen LogP contribution in [0.1, 0.15) is 42.7 Å². The fourth-order valence-corrected chi connectivity index (χ4v) is 3.54. The second-order valence-corrected chi connectivity index (χ2v) is 5.53. The fraction of sp³-hybridized carbons (Fsp3) is 0.600. The van der Waals surface area contributed by atoms with Crippen LogP contribution in [0.2, 0.25) is 0 Å². The molecule has 2 fully saturated rings. The van der Waals surface area contributed by atoms with E-state index in [0.717, 1.165) is 23.8 Å². The summed E-state index contributed by atoms with van der Waals surface area (Å²) < 4.78 is 5.28. The predicted octanol–water partition coefficient (Wildman–Crippen LogP) is 3.00. The van der Waals surface area contributed by atoms with E-state index in [9.17, 15) is 0 Å². The summed E-state index contributed by atoms with van der Waals surface area (Å²) in [5, 5.41) is 3.71. The molecule has 2 saturated heterocycles. The summed E-state index contributed by atoms with van der Waals surface area (Å²) in [5.41, 5.74) is 2.92. The molecule has 1 unspecified atom stereocenters. The fourth-order valence-electron chi connectivity index (χ4n) is 3.54. The molecule has 3 atom stereocenters. The van der Waals surface area contributed by atoms with Gasteiger partial charge in [0, 0.05) is 12.1 Å². The first-order valence-corrected chi connectivity index (χ1v) is 6.67. The van der Waals surface area contributed by atoms with Crippen molar-refractivity contribution in [1.29, 1.82) is 0 Å². The third kappa shape index (κ3) is 2.06. The molecule has 2 heteroatoms. The van der Waals surface area contributed by atoms with E-state index in [1.54, 1.807) is 7.11 Å². The number of aryl methyl sites for hydroxylation is 1. The molecular weight excluding hydrogens is 210 g/mol. The molecule has 2 aliphatic heterocycles. The van der Waals surface area contributed by atoms with Crippen molar-refractivity contribution >= 4 is 0 Å². The van der Waals surface area contributed by atoms with Crippen LogP contribution in [-0.4, -0.2) is 19.2 Å². The molecule has 0 aliphatic carbocycles. The van der Waals surface area contributed by atoms with Crippen molar-refractivity contribution in [2.45, 2.75) is 50.6 Å². The van der Waals surface area contributed by atoms with Gasteiger partial charge in [-0.05, 0) is 61.8 Å². The quantitative estimate of drug-likeness (QED) is 0.845. The van der Waals surface area contributed by atoms with Gasteiger partial charge in [-0.15, -0.1) is 0 Å². The first kappa shape index (κ1) is 11.1. The molecule has 0 amide bonds. The van der Waals surface area contributed by atoms with Crippen LogP contribution in [0.5, 0.6) is 5.75 Å². The van der Waals surface area contributed by atoms with Gasteiger partial charge in [-0.2, -0.15) is 0 Å². The molecule has 2 nitrogen and oxygen atoms in total. The van der Waals surface area contributed by atoms with E-state index in [2.05, 4.69) is 30.4 Å². The Morgan fingerprint density at radius 1 is 1.18 bits per heavy atom. The molecular formula is C15H21NO.